The van der Waals surface area contributed by atoms with E-state index in [2.05, 4.69) is 5.32 Å². The predicted molar refractivity (Wildman–Crippen MR) is 164 cm³/mol. The lowest BCUT2D eigenvalue weighted by Gasteiger charge is -2.32. The van der Waals surface area contributed by atoms with Crippen molar-refractivity contribution in [3.63, 3.8) is 0 Å². The molecule has 2 amide bonds. The normalized spacial score (nSPS) is 12.4. The van der Waals surface area contributed by atoms with Crippen molar-refractivity contribution in [1.29, 1.82) is 0 Å². The molecule has 0 heterocycles. The smallest absolute Gasteiger partial charge is 0.243 e. The fraction of sp³-hybridized carbons (Fsp3) is 0.355. The Morgan fingerprint density at radius 1 is 0.927 bits per heavy atom. The summed E-state index contributed by atoms with van der Waals surface area (Å²) in [5.74, 6) is -0.305. The van der Waals surface area contributed by atoms with Crippen LogP contribution in [0.1, 0.15) is 37.8 Å². The quantitative estimate of drug-likeness (QED) is 0.247. The van der Waals surface area contributed by atoms with Crippen molar-refractivity contribution < 1.29 is 18.0 Å². The lowest BCUT2D eigenvalue weighted by molar-refractivity contribution is -0.141. The van der Waals surface area contributed by atoms with Gasteiger partial charge in [-0.2, -0.15) is 0 Å². The molecule has 10 heteroatoms. The highest BCUT2D eigenvalue weighted by atomic mass is 35.5. The van der Waals surface area contributed by atoms with Crippen molar-refractivity contribution in [3.8, 4) is 0 Å². The minimum atomic E-state index is -3.69. The summed E-state index contributed by atoms with van der Waals surface area (Å²) < 4.78 is 27.1. The highest BCUT2D eigenvalue weighted by Crippen LogP contribution is 2.25. The molecule has 3 rings (SSSR count). The summed E-state index contributed by atoms with van der Waals surface area (Å²) in [7, 11) is -2.19. The van der Waals surface area contributed by atoms with E-state index in [0.29, 0.717) is 28.6 Å². The monoisotopic (exact) mass is 617 g/mol. The minimum absolute atomic E-state index is 0.0443. The number of carbonyl (C=O) groups excluding carboxylic acids is 2. The van der Waals surface area contributed by atoms with E-state index in [1.807, 2.05) is 44.2 Å². The highest BCUT2D eigenvalue weighted by molar-refractivity contribution is 7.89. The molecule has 1 atom stereocenters. The first-order valence-electron chi connectivity index (χ1n) is 13.6. The molecular formula is C31H37Cl2N3O4S. The Kier molecular flexibility index (Phi) is 12.2. The van der Waals surface area contributed by atoms with Crippen molar-refractivity contribution in [3.05, 3.63) is 100 Å². The van der Waals surface area contributed by atoms with Gasteiger partial charge in [0.2, 0.25) is 21.8 Å². The van der Waals surface area contributed by atoms with Crippen molar-refractivity contribution in [2.24, 2.45) is 5.92 Å². The first-order chi connectivity index (χ1) is 19.5. The van der Waals surface area contributed by atoms with Crippen LogP contribution in [-0.4, -0.2) is 55.6 Å². The number of carbonyl (C=O) groups is 2. The Hall–Kier alpha value is -2.91. The molecule has 0 aliphatic heterocycles. The number of nitrogens with one attached hydrogen (secondary N) is 1. The van der Waals surface area contributed by atoms with Crippen molar-refractivity contribution in [2.45, 2.75) is 50.6 Å². The average Bonchev–Trinajstić information content (AvgIpc) is 2.95. The molecule has 0 fully saturated rings. The fourth-order valence-corrected chi connectivity index (χ4v) is 6.00. The zero-order valence-corrected chi connectivity index (χ0v) is 25.9. The van der Waals surface area contributed by atoms with Gasteiger partial charge < -0.3 is 10.2 Å². The van der Waals surface area contributed by atoms with Crippen LogP contribution in [0.4, 0.5) is 0 Å². The number of sulfonamides is 1. The molecule has 1 N–H and O–H groups in total. The lowest BCUT2D eigenvalue weighted by atomic mass is 10.0. The summed E-state index contributed by atoms with van der Waals surface area (Å²) in [6, 6.07) is 21.9. The van der Waals surface area contributed by atoms with E-state index in [4.69, 9.17) is 23.2 Å². The summed E-state index contributed by atoms with van der Waals surface area (Å²) in [5.41, 5.74) is 1.56. The third kappa shape index (κ3) is 9.57. The summed E-state index contributed by atoms with van der Waals surface area (Å²) >= 11 is 12.6. The number of nitrogens with zero attached hydrogens (tertiary/aromatic N) is 2. The summed E-state index contributed by atoms with van der Waals surface area (Å²) in [5, 5.41) is 3.85. The van der Waals surface area contributed by atoms with Gasteiger partial charge in [-0.15, -0.1) is 0 Å². The van der Waals surface area contributed by atoms with Crippen LogP contribution in [0, 0.1) is 5.92 Å². The number of amides is 2. The van der Waals surface area contributed by atoms with Gasteiger partial charge in [0.1, 0.15) is 6.04 Å². The maximum Gasteiger partial charge on any atom is 0.243 e. The molecule has 7 nitrogen and oxygen atoms in total. The van der Waals surface area contributed by atoms with Crippen LogP contribution < -0.4 is 5.32 Å². The van der Waals surface area contributed by atoms with E-state index < -0.39 is 16.1 Å². The molecule has 0 unspecified atom stereocenters. The Morgan fingerprint density at radius 3 is 2.17 bits per heavy atom. The highest BCUT2D eigenvalue weighted by Gasteiger charge is 2.31. The largest absolute Gasteiger partial charge is 0.354 e. The van der Waals surface area contributed by atoms with Crippen LogP contribution >= 0.6 is 23.2 Å². The lowest BCUT2D eigenvalue weighted by Crippen LogP contribution is -2.51. The first-order valence-corrected chi connectivity index (χ1v) is 15.7. The summed E-state index contributed by atoms with van der Waals surface area (Å²) in [4.78, 5) is 29.1. The van der Waals surface area contributed by atoms with E-state index in [1.165, 1.54) is 11.4 Å². The Balaban J connectivity index is 1.85. The number of hydrogen-bond acceptors (Lipinski definition) is 4. The van der Waals surface area contributed by atoms with E-state index in [9.17, 15) is 18.0 Å². The van der Waals surface area contributed by atoms with Gasteiger partial charge in [0.25, 0.3) is 0 Å². The van der Waals surface area contributed by atoms with Gasteiger partial charge in [0.15, 0.2) is 0 Å². The molecule has 3 aromatic rings. The van der Waals surface area contributed by atoms with Gasteiger partial charge in [0.05, 0.1) is 4.90 Å². The Labute approximate surface area is 253 Å². The third-order valence-electron chi connectivity index (χ3n) is 6.63. The topological polar surface area (TPSA) is 86.8 Å². The molecule has 0 radical (unpaired) electrons. The van der Waals surface area contributed by atoms with Gasteiger partial charge in [0, 0.05) is 49.6 Å². The predicted octanol–water partition coefficient (Wildman–Crippen LogP) is 5.81. The van der Waals surface area contributed by atoms with Gasteiger partial charge in [-0.1, -0.05) is 91.6 Å². The van der Waals surface area contributed by atoms with Gasteiger partial charge in [-0.25, -0.2) is 12.7 Å². The molecule has 0 bridgehead atoms. The van der Waals surface area contributed by atoms with Crippen LogP contribution in [0.25, 0.3) is 0 Å². The fourth-order valence-electron chi connectivity index (χ4n) is 4.30. The summed E-state index contributed by atoms with van der Waals surface area (Å²) in [6.07, 6.45) is 0.629. The second-order valence-electron chi connectivity index (χ2n) is 10.3. The van der Waals surface area contributed by atoms with Crippen LogP contribution in [-0.2, 0) is 32.6 Å². The second kappa shape index (κ2) is 15.4. The number of benzene rings is 3. The summed E-state index contributed by atoms with van der Waals surface area (Å²) in [6.45, 7) is 4.71. The first kappa shape index (κ1) is 32.6. The van der Waals surface area contributed by atoms with E-state index in [-0.39, 0.29) is 48.6 Å². The molecule has 0 aliphatic carbocycles. The molecule has 0 spiro atoms. The van der Waals surface area contributed by atoms with E-state index in [1.54, 1.807) is 53.4 Å². The number of rotatable bonds is 14. The number of hydrogen-bond donors (Lipinski definition) is 1. The van der Waals surface area contributed by atoms with Crippen molar-refractivity contribution in [1.82, 2.24) is 14.5 Å². The zero-order chi connectivity index (χ0) is 30.0. The SMILES string of the molecule is CC(C)CNC(=O)[C@H](Cc1ccccc1)N(Cc1ccc(Cl)cc1Cl)C(=O)CCCN(C)S(=O)(=O)c1ccccc1. The Morgan fingerprint density at radius 2 is 1.56 bits per heavy atom. The average molecular weight is 619 g/mol. The minimum Gasteiger partial charge on any atom is -0.354 e. The molecule has 220 valence electrons. The molecule has 0 saturated carbocycles. The van der Waals surface area contributed by atoms with E-state index in [0.717, 1.165) is 5.56 Å². The maximum absolute atomic E-state index is 13.8. The van der Waals surface area contributed by atoms with Gasteiger partial charge in [-0.05, 0) is 47.7 Å². The van der Waals surface area contributed by atoms with Crippen LogP contribution in [0.2, 0.25) is 10.0 Å². The van der Waals surface area contributed by atoms with Gasteiger partial charge >= 0.3 is 0 Å². The molecule has 0 saturated heterocycles. The molecule has 41 heavy (non-hydrogen) atoms. The second-order valence-corrected chi connectivity index (χ2v) is 13.2. The van der Waals surface area contributed by atoms with Crippen molar-refractivity contribution in [2.75, 3.05) is 20.1 Å². The van der Waals surface area contributed by atoms with Crippen LogP contribution in [0.3, 0.4) is 0 Å². The zero-order valence-electron chi connectivity index (χ0n) is 23.6. The standard InChI is InChI=1S/C31H37Cl2N3O4S/c1-23(2)21-34-31(38)29(19-24-11-6-4-7-12-24)36(22-25-16-17-26(32)20-28(25)33)30(37)15-10-18-35(3)41(39,40)27-13-8-5-9-14-27/h4-9,11-14,16-17,20,23,29H,10,15,18-19,21-22H2,1-3H3,(H,34,38)/t29-/m0/s1. The van der Waals surface area contributed by atoms with Crippen molar-refractivity contribution >= 4 is 45.0 Å². The third-order valence-corrected chi connectivity index (χ3v) is 9.08. The van der Waals surface area contributed by atoms with Crippen LogP contribution in [0.15, 0.2) is 83.8 Å². The van der Waals surface area contributed by atoms with Crippen LogP contribution in [0.5, 0.6) is 0 Å². The number of halogens is 2. The molecule has 3 aromatic carbocycles. The van der Waals surface area contributed by atoms with E-state index >= 15 is 0 Å². The molecular weight excluding hydrogens is 581 g/mol. The molecule has 0 aliphatic rings. The molecule has 0 aromatic heterocycles. The Bertz CT molecular complexity index is 1400. The van der Waals surface area contributed by atoms with Gasteiger partial charge in [-0.3, -0.25) is 9.59 Å². The maximum atomic E-state index is 13.8.